The zero-order valence-corrected chi connectivity index (χ0v) is 9.05. The van der Waals surface area contributed by atoms with E-state index in [1.165, 1.54) is 18.4 Å². The van der Waals surface area contributed by atoms with Crippen molar-refractivity contribution in [1.29, 1.82) is 0 Å². The van der Waals surface area contributed by atoms with Gasteiger partial charge in [0.2, 0.25) is 0 Å². The summed E-state index contributed by atoms with van der Waals surface area (Å²) in [5.41, 5.74) is 1.23. The second kappa shape index (κ2) is 6.68. The predicted molar refractivity (Wildman–Crippen MR) is 59.9 cm³/mol. The van der Waals surface area contributed by atoms with Crippen molar-refractivity contribution in [3.63, 3.8) is 0 Å². The van der Waals surface area contributed by atoms with Gasteiger partial charge in [-0.15, -0.1) is 0 Å². The van der Waals surface area contributed by atoms with Gasteiger partial charge in [-0.2, -0.15) is 0 Å². The van der Waals surface area contributed by atoms with Crippen LogP contribution in [0.1, 0.15) is 51.9 Å². The summed E-state index contributed by atoms with van der Waals surface area (Å²) in [7, 11) is 0. The maximum Gasteiger partial charge on any atom is 0.115 e. The van der Waals surface area contributed by atoms with Crippen LogP contribution in [0.3, 0.4) is 0 Å². The van der Waals surface area contributed by atoms with Gasteiger partial charge in [-0.05, 0) is 37.7 Å². The van der Waals surface area contributed by atoms with E-state index in [1.54, 1.807) is 0 Å². The standard InChI is InChI=1S/C13H20O/c1-2-3-9-13(14)11-10-12-7-5-4-6-8-12/h7,13-14H,2-6,8-9H2,1H3. The molecule has 0 aromatic rings. The summed E-state index contributed by atoms with van der Waals surface area (Å²) in [5.74, 6) is 6.02. The van der Waals surface area contributed by atoms with E-state index in [1.807, 2.05) is 0 Å². The Morgan fingerprint density at radius 3 is 3.00 bits per heavy atom. The lowest BCUT2D eigenvalue weighted by molar-refractivity contribution is 0.218. The van der Waals surface area contributed by atoms with Crippen LogP contribution in [-0.4, -0.2) is 11.2 Å². The number of allylic oxidation sites excluding steroid dienone is 2. The summed E-state index contributed by atoms with van der Waals surface area (Å²) in [6.45, 7) is 2.13. The molecule has 0 bridgehead atoms. The van der Waals surface area contributed by atoms with Crippen molar-refractivity contribution in [2.45, 2.75) is 58.0 Å². The third kappa shape index (κ3) is 4.48. The van der Waals surface area contributed by atoms with E-state index in [0.29, 0.717) is 0 Å². The van der Waals surface area contributed by atoms with Crippen molar-refractivity contribution in [1.82, 2.24) is 0 Å². The summed E-state index contributed by atoms with van der Waals surface area (Å²) in [6.07, 6.45) is 9.62. The molecule has 0 saturated heterocycles. The normalized spacial score (nSPS) is 18.0. The van der Waals surface area contributed by atoms with Crippen molar-refractivity contribution in [2.75, 3.05) is 0 Å². The summed E-state index contributed by atoms with van der Waals surface area (Å²) in [5, 5.41) is 9.51. The van der Waals surface area contributed by atoms with E-state index in [2.05, 4.69) is 24.8 Å². The monoisotopic (exact) mass is 192 g/mol. The predicted octanol–water partition coefficient (Wildman–Crippen LogP) is 3.04. The Morgan fingerprint density at radius 1 is 1.50 bits per heavy atom. The quantitative estimate of drug-likeness (QED) is 0.681. The zero-order chi connectivity index (χ0) is 10.2. The van der Waals surface area contributed by atoms with Crippen LogP contribution in [0.25, 0.3) is 0 Å². The summed E-state index contributed by atoms with van der Waals surface area (Å²) >= 11 is 0. The number of hydrogen-bond acceptors (Lipinski definition) is 1. The molecule has 1 N–H and O–H groups in total. The molecule has 0 aromatic carbocycles. The number of aliphatic hydroxyl groups is 1. The second-order valence-corrected chi connectivity index (χ2v) is 3.90. The van der Waals surface area contributed by atoms with E-state index in [-0.39, 0.29) is 0 Å². The third-order valence-electron chi connectivity index (χ3n) is 2.52. The van der Waals surface area contributed by atoms with Crippen LogP contribution in [0.5, 0.6) is 0 Å². The highest BCUT2D eigenvalue weighted by Crippen LogP contribution is 2.16. The Morgan fingerprint density at radius 2 is 2.36 bits per heavy atom. The molecule has 0 aliphatic heterocycles. The molecule has 1 rings (SSSR count). The van der Waals surface area contributed by atoms with Crippen LogP contribution in [0, 0.1) is 11.8 Å². The average Bonchev–Trinajstić information content (AvgIpc) is 2.25. The molecule has 1 nitrogen and oxygen atoms in total. The van der Waals surface area contributed by atoms with Gasteiger partial charge in [0, 0.05) is 0 Å². The molecule has 78 valence electrons. The van der Waals surface area contributed by atoms with Crippen molar-refractivity contribution in [3.8, 4) is 11.8 Å². The number of unbranched alkanes of at least 4 members (excludes halogenated alkanes) is 1. The fourth-order valence-corrected chi connectivity index (χ4v) is 1.60. The van der Waals surface area contributed by atoms with Gasteiger partial charge in [0.25, 0.3) is 0 Å². The molecule has 14 heavy (non-hydrogen) atoms. The van der Waals surface area contributed by atoms with Gasteiger partial charge in [-0.25, -0.2) is 0 Å². The maximum atomic E-state index is 9.51. The molecule has 0 radical (unpaired) electrons. The summed E-state index contributed by atoms with van der Waals surface area (Å²) in [4.78, 5) is 0. The fraction of sp³-hybridized carbons (Fsp3) is 0.692. The first-order valence-electron chi connectivity index (χ1n) is 5.71. The van der Waals surface area contributed by atoms with Gasteiger partial charge in [0.05, 0.1) is 0 Å². The Hall–Kier alpha value is -0.740. The molecular formula is C13H20O. The van der Waals surface area contributed by atoms with E-state index in [4.69, 9.17) is 0 Å². The highest BCUT2D eigenvalue weighted by molar-refractivity contribution is 5.30. The molecule has 1 atom stereocenters. The molecule has 0 saturated carbocycles. The number of rotatable bonds is 3. The maximum absolute atomic E-state index is 9.51. The highest BCUT2D eigenvalue weighted by atomic mass is 16.3. The minimum absolute atomic E-state index is 0.419. The lowest BCUT2D eigenvalue weighted by Crippen LogP contribution is -2.02. The van der Waals surface area contributed by atoms with Crippen molar-refractivity contribution < 1.29 is 5.11 Å². The van der Waals surface area contributed by atoms with Crippen molar-refractivity contribution in [2.24, 2.45) is 0 Å². The van der Waals surface area contributed by atoms with Gasteiger partial charge >= 0.3 is 0 Å². The van der Waals surface area contributed by atoms with E-state index in [0.717, 1.165) is 32.1 Å². The number of aliphatic hydroxyl groups excluding tert-OH is 1. The number of hydrogen-bond donors (Lipinski definition) is 1. The first kappa shape index (κ1) is 11.3. The summed E-state index contributed by atoms with van der Waals surface area (Å²) < 4.78 is 0. The van der Waals surface area contributed by atoms with Crippen molar-refractivity contribution in [3.05, 3.63) is 11.6 Å². The molecular weight excluding hydrogens is 172 g/mol. The molecule has 0 fully saturated rings. The Balaban J connectivity index is 2.33. The van der Waals surface area contributed by atoms with Crippen LogP contribution in [0.2, 0.25) is 0 Å². The topological polar surface area (TPSA) is 20.2 Å². The van der Waals surface area contributed by atoms with Gasteiger partial charge < -0.3 is 5.11 Å². The second-order valence-electron chi connectivity index (χ2n) is 3.90. The Bertz CT molecular complexity index is 242. The van der Waals surface area contributed by atoms with Crippen molar-refractivity contribution >= 4 is 0 Å². The fourth-order valence-electron chi connectivity index (χ4n) is 1.60. The Kier molecular flexibility index (Phi) is 5.40. The van der Waals surface area contributed by atoms with Crippen LogP contribution in [0.15, 0.2) is 11.6 Å². The smallest absolute Gasteiger partial charge is 0.115 e. The first-order valence-corrected chi connectivity index (χ1v) is 5.71. The van der Waals surface area contributed by atoms with Crippen LogP contribution in [-0.2, 0) is 0 Å². The Labute approximate surface area is 87.2 Å². The van der Waals surface area contributed by atoms with Crippen LogP contribution in [0.4, 0.5) is 0 Å². The molecule has 1 unspecified atom stereocenters. The minimum Gasteiger partial charge on any atom is -0.380 e. The average molecular weight is 192 g/mol. The van der Waals surface area contributed by atoms with E-state index >= 15 is 0 Å². The molecule has 1 aliphatic rings. The van der Waals surface area contributed by atoms with Gasteiger partial charge in [0.1, 0.15) is 6.10 Å². The molecule has 1 aliphatic carbocycles. The molecule has 0 spiro atoms. The minimum atomic E-state index is -0.419. The molecule has 0 amide bonds. The molecule has 1 heteroatoms. The van der Waals surface area contributed by atoms with Crippen LogP contribution < -0.4 is 0 Å². The van der Waals surface area contributed by atoms with Gasteiger partial charge in [0.15, 0.2) is 0 Å². The SMILES string of the molecule is CCCCC(O)C#CC1=CCCCC1. The lowest BCUT2D eigenvalue weighted by Gasteiger charge is -2.06. The molecule has 0 heterocycles. The lowest BCUT2D eigenvalue weighted by atomic mass is 10.00. The third-order valence-corrected chi connectivity index (χ3v) is 2.52. The summed E-state index contributed by atoms with van der Waals surface area (Å²) in [6, 6.07) is 0. The molecule has 0 aromatic heterocycles. The zero-order valence-electron chi connectivity index (χ0n) is 9.05. The van der Waals surface area contributed by atoms with Crippen LogP contribution >= 0.6 is 0 Å². The van der Waals surface area contributed by atoms with Gasteiger partial charge in [-0.1, -0.05) is 37.7 Å². The van der Waals surface area contributed by atoms with E-state index in [9.17, 15) is 5.11 Å². The largest absolute Gasteiger partial charge is 0.380 e. The highest BCUT2D eigenvalue weighted by Gasteiger charge is 2.01. The van der Waals surface area contributed by atoms with E-state index < -0.39 is 6.10 Å². The van der Waals surface area contributed by atoms with Gasteiger partial charge in [-0.3, -0.25) is 0 Å². The first-order chi connectivity index (χ1) is 6.83.